The van der Waals surface area contributed by atoms with E-state index < -0.39 is 17.7 Å². The molecule has 0 bridgehead atoms. The van der Waals surface area contributed by atoms with Gasteiger partial charge in [-0.1, -0.05) is 60.7 Å². The van der Waals surface area contributed by atoms with Crippen molar-refractivity contribution < 1.29 is 23.0 Å². The van der Waals surface area contributed by atoms with Gasteiger partial charge in [-0.05, 0) is 34.7 Å². The van der Waals surface area contributed by atoms with E-state index in [1.165, 1.54) is 24.3 Å². The highest BCUT2D eigenvalue weighted by Gasteiger charge is 2.28. The Kier molecular flexibility index (Phi) is 6.50. The van der Waals surface area contributed by atoms with Crippen molar-refractivity contribution in [3.8, 4) is 16.9 Å². The second-order valence-corrected chi connectivity index (χ2v) is 7.45. The van der Waals surface area contributed by atoms with Crippen molar-refractivity contribution in [2.75, 3.05) is 20.3 Å². The van der Waals surface area contributed by atoms with Crippen LogP contribution < -0.4 is 10.1 Å². The summed E-state index contributed by atoms with van der Waals surface area (Å²) in [6, 6.07) is 18.3. The predicted molar refractivity (Wildman–Crippen MR) is 120 cm³/mol. The first-order valence-corrected chi connectivity index (χ1v) is 10.4. The fourth-order valence-electron chi connectivity index (χ4n) is 4.04. The van der Waals surface area contributed by atoms with Crippen LogP contribution in [0.15, 0.2) is 66.7 Å². The van der Waals surface area contributed by atoms with Gasteiger partial charge >= 0.3 is 6.09 Å². The second-order valence-electron chi connectivity index (χ2n) is 7.45. The fraction of sp³-hybridized carbons (Fsp3) is 0.192. The van der Waals surface area contributed by atoms with E-state index in [1.54, 1.807) is 12.2 Å². The Hall–Kier alpha value is -3.67. The molecule has 3 aromatic rings. The molecule has 1 amide bonds. The Labute approximate surface area is 185 Å². The van der Waals surface area contributed by atoms with Crippen LogP contribution in [0, 0.1) is 11.6 Å². The van der Waals surface area contributed by atoms with Crippen LogP contribution in [0.25, 0.3) is 17.2 Å². The zero-order valence-corrected chi connectivity index (χ0v) is 17.6. The summed E-state index contributed by atoms with van der Waals surface area (Å²) in [5.74, 6) is -1.46. The molecule has 1 aliphatic carbocycles. The summed E-state index contributed by atoms with van der Waals surface area (Å²) in [6.07, 6.45) is 3.23. The topological polar surface area (TPSA) is 47.6 Å². The monoisotopic (exact) mass is 435 g/mol. The second kappa shape index (κ2) is 9.64. The van der Waals surface area contributed by atoms with E-state index in [-0.39, 0.29) is 18.3 Å². The molecule has 4 rings (SSSR count). The largest absolute Gasteiger partial charge is 0.493 e. The molecular weight excluding hydrogens is 412 g/mol. The molecule has 0 spiro atoms. The number of nitrogens with one attached hydrogen (secondary N) is 1. The third-order valence-corrected chi connectivity index (χ3v) is 5.46. The van der Waals surface area contributed by atoms with Crippen LogP contribution in [0.3, 0.4) is 0 Å². The maximum atomic E-state index is 13.7. The van der Waals surface area contributed by atoms with E-state index in [0.29, 0.717) is 18.5 Å². The molecule has 4 nitrogen and oxygen atoms in total. The van der Waals surface area contributed by atoms with Crippen molar-refractivity contribution in [1.82, 2.24) is 5.32 Å². The van der Waals surface area contributed by atoms with Crippen LogP contribution in [0.2, 0.25) is 0 Å². The number of ether oxygens (including phenoxy) is 2. The number of hydrogen-bond donors (Lipinski definition) is 1. The molecule has 164 valence electrons. The molecule has 0 heterocycles. The lowest BCUT2D eigenvalue weighted by atomic mass is 9.98. The zero-order chi connectivity index (χ0) is 22.5. The lowest BCUT2D eigenvalue weighted by Crippen LogP contribution is -2.26. The van der Waals surface area contributed by atoms with Crippen molar-refractivity contribution in [1.29, 1.82) is 0 Å². The summed E-state index contributed by atoms with van der Waals surface area (Å²) in [6.45, 7) is 0.572. The first kappa shape index (κ1) is 21.6. The standard InChI is InChI=1S/C26H23F2NO3/c1-31-25-17(14-18(27)15-24(25)28)8-6-7-13-29-26(30)32-16-23-21-11-4-2-9-19(21)20-10-3-5-12-22(20)23/h2-6,8-12,14-15,23H,7,13,16H2,1H3,(H,29,30). The minimum atomic E-state index is -0.760. The summed E-state index contributed by atoms with van der Waals surface area (Å²) < 4.78 is 37.6. The summed E-state index contributed by atoms with van der Waals surface area (Å²) >= 11 is 0. The van der Waals surface area contributed by atoms with E-state index in [1.807, 2.05) is 24.3 Å². The number of hydrogen-bond acceptors (Lipinski definition) is 3. The Morgan fingerprint density at radius 1 is 1.03 bits per heavy atom. The number of fused-ring (bicyclic) bond motifs is 3. The van der Waals surface area contributed by atoms with Gasteiger partial charge in [-0.2, -0.15) is 0 Å². The normalized spacial score (nSPS) is 12.5. The Morgan fingerprint density at radius 2 is 1.69 bits per heavy atom. The summed E-state index contributed by atoms with van der Waals surface area (Å²) in [5.41, 5.74) is 4.95. The van der Waals surface area contributed by atoms with Gasteiger partial charge in [0.25, 0.3) is 0 Å². The molecule has 32 heavy (non-hydrogen) atoms. The fourth-order valence-corrected chi connectivity index (χ4v) is 4.04. The highest BCUT2D eigenvalue weighted by molar-refractivity contribution is 5.79. The quantitative estimate of drug-likeness (QED) is 0.469. The molecule has 1 aliphatic rings. The first-order chi connectivity index (χ1) is 15.6. The molecular formula is C26H23F2NO3. The number of alkyl carbamates (subject to hydrolysis) is 1. The van der Waals surface area contributed by atoms with Crippen LogP contribution in [0.5, 0.6) is 5.75 Å². The van der Waals surface area contributed by atoms with E-state index in [2.05, 4.69) is 29.6 Å². The minimum Gasteiger partial charge on any atom is -0.493 e. The molecule has 0 unspecified atom stereocenters. The average molecular weight is 435 g/mol. The van der Waals surface area contributed by atoms with E-state index in [9.17, 15) is 13.6 Å². The van der Waals surface area contributed by atoms with Gasteiger partial charge < -0.3 is 14.8 Å². The third-order valence-electron chi connectivity index (χ3n) is 5.46. The molecule has 0 fully saturated rings. The van der Waals surface area contributed by atoms with Crippen LogP contribution in [0.1, 0.15) is 29.0 Å². The van der Waals surface area contributed by atoms with Crippen molar-refractivity contribution in [3.05, 3.63) is 95.1 Å². The summed E-state index contributed by atoms with van der Waals surface area (Å²) in [7, 11) is 1.33. The smallest absolute Gasteiger partial charge is 0.407 e. The molecule has 6 heteroatoms. The van der Waals surface area contributed by atoms with Crippen molar-refractivity contribution in [2.24, 2.45) is 0 Å². The maximum Gasteiger partial charge on any atom is 0.407 e. The van der Waals surface area contributed by atoms with Crippen molar-refractivity contribution >= 4 is 12.2 Å². The van der Waals surface area contributed by atoms with Gasteiger partial charge in [0.1, 0.15) is 12.4 Å². The Balaban J connectivity index is 1.29. The molecule has 3 aromatic carbocycles. The van der Waals surface area contributed by atoms with E-state index >= 15 is 0 Å². The van der Waals surface area contributed by atoms with Gasteiger partial charge in [-0.25, -0.2) is 13.6 Å². The SMILES string of the molecule is COc1c(F)cc(F)cc1C=CCCNC(=O)OCC1c2ccccc2-c2ccccc21. The Morgan fingerprint density at radius 3 is 2.34 bits per heavy atom. The number of carbonyl (C=O) groups excluding carboxylic acids is 1. The lowest BCUT2D eigenvalue weighted by Gasteiger charge is -2.14. The van der Waals surface area contributed by atoms with E-state index in [0.717, 1.165) is 17.2 Å². The number of benzene rings is 3. The predicted octanol–water partition coefficient (Wildman–Crippen LogP) is 5.92. The van der Waals surface area contributed by atoms with Crippen LogP contribution in [0.4, 0.5) is 13.6 Å². The van der Waals surface area contributed by atoms with Crippen molar-refractivity contribution in [2.45, 2.75) is 12.3 Å². The third kappa shape index (κ3) is 4.49. The number of halogens is 2. The molecule has 0 saturated carbocycles. The number of amides is 1. The van der Waals surface area contributed by atoms with Gasteiger partial charge in [0.05, 0.1) is 7.11 Å². The van der Waals surface area contributed by atoms with Gasteiger partial charge in [-0.15, -0.1) is 0 Å². The molecule has 1 N–H and O–H groups in total. The number of rotatable bonds is 7. The summed E-state index contributed by atoms with van der Waals surface area (Å²) in [4.78, 5) is 12.2. The lowest BCUT2D eigenvalue weighted by molar-refractivity contribution is 0.143. The molecule has 0 radical (unpaired) electrons. The van der Waals surface area contributed by atoms with Crippen LogP contribution >= 0.6 is 0 Å². The average Bonchev–Trinajstić information content (AvgIpc) is 3.11. The molecule has 0 aliphatic heterocycles. The molecule has 0 atom stereocenters. The van der Waals surface area contributed by atoms with Gasteiger partial charge in [-0.3, -0.25) is 0 Å². The van der Waals surface area contributed by atoms with Crippen LogP contribution in [-0.2, 0) is 4.74 Å². The van der Waals surface area contributed by atoms with Crippen LogP contribution in [-0.4, -0.2) is 26.4 Å². The minimum absolute atomic E-state index is 0.00313. The Bertz CT molecular complexity index is 1110. The van der Waals surface area contributed by atoms with Gasteiger partial charge in [0.15, 0.2) is 11.6 Å². The van der Waals surface area contributed by atoms with E-state index in [4.69, 9.17) is 9.47 Å². The number of carbonyl (C=O) groups is 1. The molecule has 0 saturated heterocycles. The highest BCUT2D eigenvalue weighted by Crippen LogP contribution is 2.44. The van der Waals surface area contributed by atoms with Crippen molar-refractivity contribution in [3.63, 3.8) is 0 Å². The molecule has 0 aromatic heterocycles. The maximum absolute atomic E-state index is 13.7. The van der Waals surface area contributed by atoms with Gasteiger partial charge in [0.2, 0.25) is 0 Å². The van der Waals surface area contributed by atoms with Gasteiger partial charge in [0, 0.05) is 24.1 Å². The highest BCUT2D eigenvalue weighted by atomic mass is 19.1. The summed E-state index contributed by atoms with van der Waals surface area (Å²) in [5, 5.41) is 2.70. The zero-order valence-electron chi connectivity index (χ0n) is 17.6. The number of methoxy groups -OCH3 is 1. The first-order valence-electron chi connectivity index (χ1n) is 10.4.